The molecule has 0 amide bonds. The predicted octanol–water partition coefficient (Wildman–Crippen LogP) is 2.48. The van der Waals surface area contributed by atoms with Crippen LogP contribution in [0, 0.1) is 5.92 Å². The summed E-state index contributed by atoms with van der Waals surface area (Å²) in [6.07, 6.45) is 7.92. The molecule has 106 valence electrons. The zero-order valence-electron chi connectivity index (χ0n) is 12.0. The maximum Gasteiger partial charge on any atom is 0.0686 e. The lowest BCUT2D eigenvalue weighted by molar-refractivity contribution is -0.137. The molecule has 1 saturated heterocycles. The van der Waals surface area contributed by atoms with Gasteiger partial charge >= 0.3 is 0 Å². The van der Waals surface area contributed by atoms with E-state index in [2.05, 4.69) is 12.2 Å². The molecule has 2 aliphatic rings. The number of hydrogen-bond acceptors (Lipinski definition) is 3. The molecule has 0 aromatic carbocycles. The maximum atomic E-state index is 10.7. The van der Waals surface area contributed by atoms with Crippen molar-refractivity contribution in [2.75, 3.05) is 19.7 Å². The molecule has 1 spiro atoms. The van der Waals surface area contributed by atoms with E-state index in [1.165, 1.54) is 25.7 Å². The van der Waals surface area contributed by atoms with Crippen molar-refractivity contribution in [1.29, 1.82) is 0 Å². The van der Waals surface area contributed by atoms with Crippen LogP contribution in [0.4, 0.5) is 0 Å². The third kappa shape index (κ3) is 3.25. The molecule has 3 heteroatoms. The lowest BCUT2D eigenvalue weighted by Gasteiger charge is -2.44. The fourth-order valence-corrected chi connectivity index (χ4v) is 3.65. The van der Waals surface area contributed by atoms with Crippen LogP contribution in [0.5, 0.6) is 0 Å². The van der Waals surface area contributed by atoms with Gasteiger partial charge in [-0.1, -0.05) is 19.8 Å². The van der Waals surface area contributed by atoms with E-state index < -0.39 is 5.60 Å². The third-order valence-electron chi connectivity index (χ3n) is 4.95. The Hall–Kier alpha value is -0.120. The molecule has 18 heavy (non-hydrogen) atoms. The van der Waals surface area contributed by atoms with E-state index >= 15 is 0 Å². The Labute approximate surface area is 111 Å². The zero-order chi connectivity index (χ0) is 13.1. The fourth-order valence-electron chi connectivity index (χ4n) is 3.65. The van der Waals surface area contributed by atoms with Crippen molar-refractivity contribution >= 4 is 0 Å². The van der Waals surface area contributed by atoms with E-state index in [1.807, 2.05) is 6.92 Å². The second-order valence-electron chi connectivity index (χ2n) is 6.39. The lowest BCUT2D eigenvalue weighted by Crippen LogP contribution is -2.47. The molecule has 1 aliphatic carbocycles. The smallest absolute Gasteiger partial charge is 0.0686 e. The van der Waals surface area contributed by atoms with E-state index in [4.69, 9.17) is 4.74 Å². The van der Waals surface area contributed by atoms with Crippen molar-refractivity contribution in [3.8, 4) is 0 Å². The molecule has 2 N–H and O–H groups in total. The lowest BCUT2D eigenvalue weighted by atomic mass is 9.74. The van der Waals surface area contributed by atoms with Crippen LogP contribution in [0.2, 0.25) is 0 Å². The van der Waals surface area contributed by atoms with Crippen LogP contribution in [0.15, 0.2) is 0 Å². The SMILES string of the molecule is CCNCCC(C)(O)C1CCOC2(CCCC2)C1. The number of aliphatic hydroxyl groups is 1. The van der Waals surface area contributed by atoms with Gasteiger partial charge in [0.15, 0.2) is 0 Å². The summed E-state index contributed by atoms with van der Waals surface area (Å²) in [5, 5.41) is 14.0. The highest BCUT2D eigenvalue weighted by Crippen LogP contribution is 2.45. The van der Waals surface area contributed by atoms with E-state index in [9.17, 15) is 5.11 Å². The average molecular weight is 255 g/mol. The molecule has 2 atom stereocenters. The minimum atomic E-state index is -0.540. The van der Waals surface area contributed by atoms with Crippen LogP contribution in [-0.2, 0) is 4.74 Å². The Kier molecular flexibility index (Phi) is 4.68. The van der Waals surface area contributed by atoms with Gasteiger partial charge in [0.1, 0.15) is 0 Å². The monoisotopic (exact) mass is 255 g/mol. The van der Waals surface area contributed by atoms with Gasteiger partial charge < -0.3 is 15.2 Å². The van der Waals surface area contributed by atoms with Gasteiger partial charge in [0, 0.05) is 6.61 Å². The Morgan fingerprint density at radius 1 is 1.39 bits per heavy atom. The molecular weight excluding hydrogens is 226 g/mol. The Bertz CT molecular complexity index is 259. The van der Waals surface area contributed by atoms with Gasteiger partial charge in [-0.15, -0.1) is 0 Å². The molecule has 1 aliphatic heterocycles. The van der Waals surface area contributed by atoms with E-state index in [0.717, 1.165) is 39.0 Å². The molecule has 0 radical (unpaired) electrons. The molecule has 1 saturated carbocycles. The van der Waals surface area contributed by atoms with Crippen molar-refractivity contribution in [2.45, 2.75) is 70.0 Å². The first-order valence-electron chi connectivity index (χ1n) is 7.65. The van der Waals surface area contributed by atoms with E-state index in [-0.39, 0.29) is 5.60 Å². The largest absolute Gasteiger partial charge is 0.390 e. The second kappa shape index (κ2) is 5.89. The van der Waals surface area contributed by atoms with Crippen molar-refractivity contribution in [3.05, 3.63) is 0 Å². The van der Waals surface area contributed by atoms with Crippen molar-refractivity contribution in [2.24, 2.45) is 5.92 Å². The van der Waals surface area contributed by atoms with Gasteiger partial charge in [-0.05, 0) is 58.0 Å². The molecule has 2 rings (SSSR count). The summed E-state index contributed by atoms with van der Waals surface area (Å²) in [6.45, 7) is 6.85. The first-order valence-corrected chi connectivity index (χ1v) is 7.65. The van der Waals surface area contributed by atoms with Crippen LogP contribution < -0.4 is 5.32 Å². The van der Waals surface area contributed by atoms with Crippen LogP contribution in [0.25, 0.3) is 0 Å². The molecule has 2 unspecified atom stereocenters. The molecule has 1 heterocycles. The highest BCUT2D eigenvalue weighted by molar-refractivity contribution is 4.96. The molecule has 3 nitrogen and oxygen atoms in total. The van der Waals surface area contributed by atoms with Gasteiger partial charge in [0.05, 0.1) is 11.2 Å². The van der Waals surface area contributed by atoms with Crippen LogP contribution in [-0.4, -0.2) is 36.0 Å². The number of rotatable bonds is 5. The van der Waals surface area contributed by atoms with Gasteiger partial charge in [0.2, 0.25) is 0 Å². The Balaban J connectivity index is 1.90. The summed E-state index contributed by atoms with van der Waals surface area (Å²) in [7, 11) is 0. The Morgan fingerprint density at radius 3 is 2.78 bits per heavy atom. The maximum absolute atomic E-state index is 10.7. The summed E-state index contributed by atoms with van der Waals surface area (Å²) < 4.78 is 6.05. The van der Waals surface area contributed by atoms with Gasteiger partial charge in [-0.3, -0.25) is 0 Å². The summed E-state index contributed by atoms with van der Waals surface area (Å²) in [5.41, 5.74) is -0.424. The molecular formula is C15H29NO2. The second-order valence-corrected chi connectivity index (χ2v) is 6.39. The first kappa shape index (κ1) is 14.3. The predicted molar refractivity (Wildman–Crippen MR) is 73.7 cm³/mol. The summed E-state index contributed by atoms with van der Waals surface area (Å²) in [5.74, 6) is 0.406. The zero-order valence-corrected chi connectivity index (χ0v) is 12.0. The summed E-state index contributed by atoms with van der Waals surface area (Å²) in [6, 6.07) is 0. The standard InChI is InChI=1S/C15H29NO2/c1-3-16-10-9-14(2,17)13-6-11-18-15(12-13)7-4-5-8-15/h13,16-17H,3-12H2,1-2H3. The van der Waals surface area contributed by atoms with E-state index in [0.29, 0.717) is 5.92 Å². The van der Waals surface area contributed by atoms with Crippen molar-refractivity contribution in [3.63, 3.8) is 0 Å². The van der Waals surface area contributed by atoms with Crippen LogP contribution in [0.1, 0.15) is 58.8 Å². The highest BCUT2D eigenvalue weighted by atomic mass is 16.5. The Morgan fingerprint density at radius 2 is 2.11 bits per heavy atom. The molecule has 0 aromatic rings. The topological polar surface area (TPSA) is 41.5 Å². The highest BCUT2D eigenvalue weighted by Gasteiger charge is 2.44. The average Bonchev–Trinajstić information content (AvgIpc) is 2.77. The first-order chi connectivity index (χ1) is 8.58. The summed E-state index contributed by atoms with van der Waals surface area (Å²) in [4.78, 5) is 0. The normalized spacial score (nSPS) is 30.5. The van der Waals surface area contributed by atoms with E-state index in [1.54, 1.807) is 0 Å². The van der Waals surface area contributed by atoms with Gasteiger partial charge in [-0.25, -0.2) is 0 Å². The molecule has 2 fully saturated rings. The fraction of sp³-hybridized carbons (Fsp3) is 1.00. The van der Waals surface area contributed by atoms with Gasteiger partial charge in [-0.2, -0.15) is 0 Å². The van der Waals surface area contributed by atoms with Crippen molar-refractivity contribution < 1.29 is 9.84 Å². The number of ether oxygens (including phenoxy) is 1. The quantitative estimate of drug-likeness (QED) is 0.742. The minimum absolute atomic E-state index is 0.116. The molecule has 0 aromatic heterocycles. The number of nitrogens with one attached hydrogen (secondary N) is 1. The minimum Gasteiger partial charge on any atom is -0.390 e. The van der Waals surface area contributed by atoms with Crippen molar-refractivity contribution in [1.82, 2.24) is 5.32 Å². The van der Waals surface area contributed by atoms with Crippen LogP contribution >= 0.6 is 0 Å². The third-order valence-corrected chi connectivity index (χ3v) is 4.95. The van der Waals surface area contributed by atoms with Crippen LogP contribution in [0.3, 0.4) is 0 Å². The van der Waals surface area contributed by atoms with Gasteiger partial charge in [0.25, 0.3) is 0 Å². The summed E-state index contributed by atoms with van der Waals surface area (Å²) >= 11 is 0. The molecule has 0 bridgehead atoms. The number of hydrogen-bond donors (Lipinski definition) is 2.